The fraction of sp³-hybridized carbons (Fsp3) is 0.889. The monoisotopic (exact) mass is 336 g/mol. The Bertz CT molecular complexity index is 525. The average Bonchev–Trinajstić information content (AvgIpc) is 3.17. The summed E-state index contributed by atoms with van der Waals surface area (Å²) in [6.45, 7) is 7.77. The Hall–Kier alpha value is -0.980. The second kappa shape index (κ2) is 7.50. The van der Waals surface area contributed by atoms with Gasteiger partial charge in [-0.05, 0) is 32.9 Å². The average molecular weight is 336 g/mol. The summed E-state index contributed by atoms with van der Waals surface area (Å²) in [7, 11) is 2.13. The summed E-state index contributed by atoms with van der Waals surface area (Å²) in [6, 6.07) is 0.498. The SMILES string of the molecule is CC(C)c1nc(CN(C)[C@@H]2CCN(CC3(O)CCCCC3)C2)no1. The zero-order valence-corrected chi connectivity index (χ0v) is 15.4. The Morgan fingerprint density at radius 1 is 1.33 bits per heavy atom. The maximum absolute atomic E-state index is 10.8. The molecule has 1 aromatic rings. The lowest BCUT2D eigenvalue weighted by Gasteiger charge is -2.35. The standard InChI is InChI=1S/C18H32N4O2/c1-14(2)17-19-16(20-24-17)12-21(3)15-7-10-22(11-15)13-18(23)8-5-4-6-9-18/h14-15,23H,4-13H2,1-3H3/t15-/m1/s1. The van der Waals surface area contributed by atoms with Gasteiger partial charge >= 0.3 is 0 Å². The van der Waals surface area contributed by atoms with Gasteiger partial charge in [-0.1, -0.05) is 38.3 Å². The van der Waals surface area contributed by atoms with E-state index in [0.29, 0.717) is 11.9 Å². The molecule has 0 aromatic carbocycles. The summed E-state index contributed by atoms with van der Waals surface area (Å²) in [5.41, 5.74) is -0.453. The lowest BCUT2D eigenvalue weighted by atomic mass is 9.84. The number of likely N-dealkylation sites (N-methyl/N-ethyl adjacent to an activating group) is 1. The van der Waals surface area contributed by atoms with E-state index in [2.05, 4.69) is 40.8 Å². The third kappa shape index (κ3) is 4.35. The summed E-state index contributed by atoms with van der Waals surface area (Å²) in [5, 5.41) is 14.8. The highest BCUT2D eigenvalue weighted by Gasteiger charge is 2.35. The van der Waals surface area contributed by atoms with Crippen LogP contribution in [0.1, 0.15) is 70.0 Å². The topological polar surface area (TPSA) is 65.6 Å². The maximum atomic E-state index is 10.8. The molecule has 0 spiro atoms. The lowest BCUT2D eigenvalue weighted by Crippen LogP contribution is -2.44. The number of rotatable bonds is 6. The third-order valence-corrected chi connectivity index (χ3v) is 5.54. The Kier molecular flexibility index (Phi) is 5.57. The molecule has 3 rings (SSSR count). The van der Waals surface area contributed by atoms with Crippen LogP contribution in [0.5, 0.6) is 0 Å². The molecule has 0 bridgehead atoms. The van der Waals surface area contributed by atoms with E-state index in [-0.39, 0.29) is 5.92 Å². The van der Waals surface area contributed by atoms with Crippen molar-refractivity contribution in [3.05, 3.63) is 11.7 Å². The van der Waals surface area contributed by atoms with Crippen molar-refractivity contribution in [2.24, 2.45) is 0 Å². The van der Waals surface area contributed by atoms with Crippen LogP contribution in [0.4, 0.5) is 0 Å². The smallest absolute Gasteiger partial charge is 0.229 e. The number of aliphatic hydroxyl groups is 1. The van der Waals surface area contributed by atoms with Crippen molar-refractivity contribution in [3.63, 3.8) is 0 Å². The van der Waals surface area contributed by atoms with Gasteiger partial charge in [0, 0.05) is 25.0 Å². The third-order valence-electron chi connectivity index (χ3n) is 5.54. The number of hydrogen-bond acceptors (Lipinski definition) is 6. The maximum Gasteiger partial charge on any atom is 0.229 e. The molecule has 24 heavy (non-hydrogen) atoms. The van der Waals surface area contributed by atoms with Crippen LogP contribution < -0.4 is 0 Å². The minimum absolute atomic E-state index is 0.273. The number of hydrogen-bond donors (Lipinski definition) is 1. The van der Waals surface area contributed by atoms with Crippen LogP contribution in [0.2, 0.25) is 0 Å². The molecule has 0 amide bonds. The van der Waals surface area contributed by atoms with E-state index < -0.39 is 5.60 Å². The minimum atomic E-state index is -0.453. The lowest BCUT2D eigenvalue weighted by molar-refractivity contribution is -0.0225. The molecule has 0 radical (unpaired) electrons. The molecule has 2 heterocycles. The highest BCUT2D eigenvalue weighted by molar-refractivity contribution is 4.94. The molecule has 136 valence electrons. The van der Waals surface area contributed by atoms with E-state index in [1.54, 1.807) is 0 Å². The first-order valence-electron chi connectivity index (χ1n) is 9.43. The number of nitrogens with zero attached hydrogens (tertiary/aromatic N) is 4. The predicted molar refractivity (Wildman–Crippen MR) is 92.7 cm³/mol. The van der Waals surface area contributed by atoms with Gasteiger partial charge in [0.05, 0.1) is 12.1 Å². The fourth-order valence-corrected chi connectivity index (χ4v) is 4.02. The van der Waals surface area contributed by atoms with Crippen molar-refractivity contribution < 1.29 is 9.63 Å². The van der Waals surface area contributed by atoms with Crippen molar-refractivity contribution in [3.8, 4) is 0 Å². The quantitative estimate of drug-likeness (QED) is 0.860. The van der Waals surface area contributed by atoms with E-state index in [1.807, 2.05) is 0 Å². The highest BCUT2D eigenvalue weighted by Crippen LogP contribution is 2.30. The Balaban J connectivity index is 1.49. The first-order chi connectivity index (χ1) is 11.5. The number of aromatic nitrogens is 2. The van der Waals surface area contributed by atoms with Crippen molar-refractivity contribution >= 4 is 0 Å². The molecule has 1 N–H and O–H groups in total. The molecular weight excluding hydrogens is 304 g/mol. The zero-order chi connectivity index (χ0) is 17.2. The summed E-state index contributed by atoms with van der Waals surface area (Å²) in [4.78, 5) is 9.22. The van der Waals surface area contributed by atoms with Crippen molar-refractivity contribution in [2.75, 3.05) is 26.7 Å². The summed E-state index contributed by atoms with van der Waals surface area (Å²) >= 11 is 0. The normalized spacial score (nSPS) is 25.0. The Morgan fingerprint density at radius 2 is 2.08 bits per heavy atom. The van der Waals surface area contributed by atoms with E-state index >= 15 is 0 Å². The summed E-state index contributed by atoms with van der Waals surface area (Å²) < 4.78 is 5.29. The van der Waals surface area contributed by atoms with E-state index in [1.165, 1.54) is 19.3 Å². The van der Waals surface area contributed by atoms with Gasteiger partial charge in [0.25, 0.3) is 0 Å². The predicted octanol–water partition coefficient (Wildman–Crippen LogP) is 2.39. The van der Waals surface area contributed by atoms with E-state index in [4.69, 9.17) is 4.52 Å². The first-order valence-corrected chi connectivity index (χ1v) is 9.43. The fourth-order valence-electron chi connectivity index (χ4n) is 4.02. The van der Waals surface area contributed by atoms with Gasteiger partial charge in [-0.2, -0.15) is 4.98 Å². The highest BCUT2D eigenvalue weighted by atomic mass is 16.5. The molecule has 1 saturated heterocycles. The number of likely N-dealkylation sites (tertiary alicyclic amines) is 1. The molecule has 6 heteroatoms. The largest absolute Gasteiger partial charge is 0.389 e. The van der Waals surface area contributed by atoms with Gasteiger partial charge in [-0.3, -0.25) is 9.80 Å². The van der Waals surface area contributed by atoms with Crippen LogP contribution >= 0.6 is 0 Å². The van der Waals surface area contributed by atoms with E-state index in [9.17, 15) is 5.11 Å². The molecule has 0 unspecified atom stereocenters. The van der Waals surface area contributed by atoms with Crippen molar-refractivity contribution in [2.45, 2.75) is 76.5 Å². The summed E-state index contributed by atoms with van der Waals surface area (Å²) in [5.74, 6) is 1.76. The molecule has 1 atom stereocenters. The van der Waals surface area contributed by atoms with Gasteiger partial charge in [0.15, 0.2) is 5.82 Å². The molecular formula is C18H32N4O2. The van der Waals surface area contributed by atoms with Crippen LogP contribution in [0.3, 0.4) is 0 Å². The Labute approximate surface area is 145 Å². The van der Waals surface area contributed by atoms with Gasteiger partial charge in [-0.15, -0.1) is 0 Å². The Morgan fingerprint density at radius 3 is 2.75 bits per heavy atom. The molecule has 2 fully saturated rings. The van der Waals surface area contributed by atoms with Crippen molar-refractivity contribution in [1.82, 2.24) is 19.9 Å². The number of β-amino-alcohol motifs (C(OH)–C–C–N with tert-alkyl or cyclic N) is 1. The molecule has 1 aliphatic heterocycles. The van der Waals surface area contributed by atoms with Gasteiger partial charge in [0.1, 0.15) is 0 Å². The van der Waals surface area contributed by atoms with Crippen molar-refractivity contribution in [1.29, 1.82) is 0 Å². The molecule has 6 nitrogen and oxygen atoms in total. The second-order valence-corrected chi connectivity index (χ2v) is 8.08. The minimum Gasteiger partial charge on any atom is -0.389 e. The van der Waals surface area contributed by atoms with Gasteiger partial charge in [-0.25, -0.2) is 0 Å². The van der Waals surface area contributed by atoms with Gasteiger partial charge < -0.3 is 9.63 Å². The molecule has 2 aliphatic rings. The first kappa shape index (κ1) is 17.8. The zero-order valence-electron chi connectivity index (χ0n) is 15.4. The summed E-state index contributed by atoms with van der Waals surface area (Å²) in [6.07, 6.45) is 6.68. The van der Waals surface area contributed by atoms with Crippen LogP contribution in [0.25, 0.3) is 0 Å². The second-order valence-electron chi connectivity index (χ2n) is 8.08. The van der Waals surface area contributed by atoms with E-state index in [0.717, 1.165) is 51.3 Å². The van der Waals surface area contributed by atoms with Crippen LogP contribution in [0, 0.1) is 0 Å². The molecule has 1 aliphatic carbocycles. The van der Waals surface area contributed by atoms with Crippen LogP contribution in [0.15, 0.2) is 4.52 Å². The molecule has 1 saturated carbocycles. The van der Waals surface area contributed by atoms with Gasteiger partial charge in [0.2, 0.25) is 5.89 Å². The van der Waals surface area contributed by atoms with Crippen LogP contribution in [-0.2, 0) is 6.54 Å². The molecule has 1 aromatic heterocycles. The van der Waals surface area contributed by atoms with Crippen LogP contribution in [-0.4, -0.2) is 63.4 Å².